The van der Waals surface area contributed by atoms with Gasteiger partial charge in [0.2, 0.25) is 5.89 Å². The van der Waals surface area contributed by atoms with Crippen LogP contribution in [0.5, 0.6) is 5.75 Å². The number of hydrogen-bond acceptors (Lipinski definition) is 7. The Labute approximate surface area is 171 Å². The van der Waals surface area contributed by atoms with E-state index in [1.165, 1.54) is 0 Å². The molecule has 0 amide bonds. The Balaban J connectivity index is 2.11. The molecule has 3 heterocycles. The van der Waals surface area contributed by atoms with E-state index in [0.717, 1.165) is 23.5 Å². The average molecular weight is 396 g/mol. The van der Waals surface area contributed by atoms with Gasteiger partial charge in [-0.15, -0.1) is 0 Å². The minimum atomic E-state index is -0.246. The largest absolute Gasteiger partial charge is 0.493 e. The predicted molar refractivity (Wildman–Crippen MR) is 116 cm³/mol. The Morgan fingerprint density at radius 3 is 2.59 bits per heavy atom. The topological polar surface area (TPSA) is 99.1 Å². The summed E-state index contributed by atoms with van der Waals surface area (Å²) in [6.45, 7) is 11.3. The molecule has 154 valence electrons. The summed E-state index contributed by atoms with van der Waals surface area (Å²) in [7, 11) is 1.57. The van der Waals surface area contributed by atoms with Gasteiger partial charge in [-0.1, -0.05) is 34.6 Å². The lowest BCUT2D eigenvalue weighted by molar-refractivity contribution is 0.399. The van der Waals surface area contributed by atoms with Gasteiger partial charge in [0, 0.05) is 35.5 Å². The normalized spacial score (nSPS) is 11.7. The van der Waals surface area contributed by atoms with Crippen molar-refractivity contribution in [3.8, 4) is 28.3 Å². The van der Waals surface area contributed by atoms with Crippen molar-refractivity contribution >= 4 is 11.6 Å². The number of nitrogens with zero attached hydrogens (tertiary/aromatic N) is 3. The highest BCUT2D eigenvalue weighted by atomic mass is 16.5. The lowest BCUT2D eigenvalue weighted by Gasteiger charge is -2.12. The Bertz CT molecular complexity index is 989. The molecule has 29 heavy (non-hydrogen) atoms. The van der Waals surface area contributed by atoms with E-state index < -0.39 is 0 Å². The third-order valence-electron chi connectivity index (χ3n) is 4.36. The van der Waals surface area contributed by atoms with Crippen LogP contribution in [0, 0.1) is 5.92 Å². The van der Waals surface area contributed by atoms with Gasteiger partial charge in [-0.3, -0.25) is 0 Å². The summed E-state index contributed by atoms with van der Waals surface area (Å²) in [5.74, 6) is 3.46. The number of nitrogens with two attached hydrogens (primary N) is 1. The molecule has 3 aromatic heterocycles. The smallest absolute Gasteiger partial charge is 0.200 e. The maximum atomic E-state index is 6.24. The molecular formula is C22H29N5O2. The molecule has 0 radical (unpaired) electrons. The Morgan fingerprint density at radius 1 is 1.17 bits per heavy atom. The number of nitrogens with one attached hydrogen (secondary N) is 1. The molecule has 0 aliphatic carbocycles. The fourth-order valence-electron chi connectivity index (χ4n) is 2.76. The Kier molecular flexibility index (Phi) is 5.77. The maximum Gasteiger partial charge on any atom is 0.200 e. The number of methoxy groups -OCH3 is 1. The summed E-state index contributed by atoms with van der Waals surface area (Å²) in [4.78, 5) is 13.5. The standard InChI is InChI=1S/C22H29N5O2/c1-13(2)11-25-17-10-14(7-8-24-17)19-18(27-21(29-19)22(3,4)5)15-9-16(28-6)20(23)26-12-15/h7-10,12-13H,11H2,1-6H3,(H2,23,26)(H,24,25). The van der Waals surface area contributed by atoms with E-state index in [-0.39, 0.29) is 5.41 Å². The zero-order valence-corrected chi connectivity index (χ0v) is 17.9. The molecule has 7 nitrogen and oxygen atoms in total. The van der Waals surface area contributed by atoms with Crippen molar-refractivity contribution in [1.82, 2.24) is 15.0 Å². The minimum Gasteiger partial charge on any atom is -0.493 e. The zero-order valence-electron chi connectivity index (χ0n) is 17.9. The van der Waals surface area contributed by atoms with Gasteiger partial charge in [0.05, 0.1) is 7.11 Å². The van der Waals surface area contributed by atoms with Crippen LogP contribution in [0.3, 0.4) is 0 Å². The van der Waals surface area contributed by atoms with Crippen molar-refractivity contribution in [2.75, 3.05) is 24.7 Å². The van der Waals surface area contributed by atoms with Gasteiger partial charge in [0.1, 0.15) is 11.5 Å². The van der Waals surface area contributed by atoms with Gasteiger partial charge in [-0.05, 0) is 24.1 Å². The zero-order chi connectivity index (χ0) is 21.2. The Morgan fingerprint density at radius 2 is 1.93 bits per heavy atom. The molecule has 7 heteroatoms. The molecule has 0 aliphatic rings. The van der Waals surface area contributed by atoms with E-state index in [4.69, 9.17) is 19.9 Å². The van der Waals surface area contributed by atoms with Crippen molar-refractivity contribution in [1.29, 1.82) is 0 Å². The quantitative estimate of drug-likeness (QED) is 0.621. The molecule has 0 saturated carbocycles. The molecule has 3 N–H and O–H groups in total. The van der Waals surface area contributed by atoms with E-state index >= 15 is 0 Å². The van der Waals surface area contributed by atoms with E-state index in [1.54, 1.807) is 19.5 Å². The van der Waals surface area contributed by atoms with Crippen LogP contribution in [0.25, 0.3) is 22.6 Å². The summed E-state index contributed by atoms with van der Waals surface area (Å²) in [5.41, 5.74) is 8.00. The summed E-state index contributed by atoms with van der Waals surface area (Å²) in [6.07, 6.45) is 3.45. The van der Waals surface area contributed by atoms with Gasteiger partial charge in [-0.2, -0.15) is 0 Å². The lowest BCUT2D eigenvalue weighted by Crippen LogP contribution is -2.11. The van der Waals surface area contributed by atoms with Crippen LogP contribution in [0.4, 0.5) is 11.6 Å². The van der Waals surface area contributed by atoms with Crippen LogP contribution in [0.15, 0.2) is 35.0 Å². The average Bonchev–Trinajstić information content (AvgIpc) is 3.13. The molecule has 0 fully saturated rings. The molecule has 0 unspecified atom stereocenters. The number of nitrogen functional groups attached to an aromatic ring is 1. The molecule has 0 aliphatic heterocycles. The SMILES string of the molecule is COc1cc(-c2nc(C(C)(C)C)oc2-c2ccnc(NCC(C)C)c2)cnc1N. The molecule has 0 bridgehead atoms. The third-order valence-corrected chi connectivity index (χ3v) is 4.36. The molecule has 0 spiro atoms. The first kappa shape index (κ1) is 20.6. The van der Waals surface area contributed by atoms with Gasteiger partial charge in [0.15, 0.2) is 17.3 Å². The highest BCUT2D eigenvalue weighted by Crippen LogP contribution is 2.38. The number of ether oxygens (including phenoxy) is 1. The van der Waals surface area contributed by atoms with Crippen LogP contribution in [0.2, 0.25) is 0 Å². The highest BCUT2D eigenvalue weighted by molar-refractivity contribution is 5.79. The van der Waals surface area contributed by atoms with Crippen molar-refractivity contribution in [2.24, 2.45) is 5.92 Å². The van der Waals surface area contributed by atoms with E-state index in [0.29, 0.717) is 34.8 Å². The summed E-state index contributed by atoms with van der Waals surface area (Å²) < 4.78 is 11.6. The van der Waals surface area contributed by atoms with E-state index in [1.807, 2.05) is 18.2 Å². The van der Waals surface area contributed by atoms with Gasteiger partial charge in [0.25, 0.3) is 0 Å². The van der Waals surface area contributed by atoms with Crippen LogP contribution in [-0.2, 0) is 5.41 Å². The second-order valence-corrected chi connectivity index (χ2v) is 8.46. The second-order valence-electron chi connectivity index (χ2n) is 8.46. The second kappa shape index (κ2) is 8.11. The molecular weight excluding hydrogens is 366 g/mol. The number of oxazole rings is 1. The van der Waals surface area contributed by atoms with Crippen molar-refractivity contribution in [2.45, 2.75) is 40.0 Å². The minimum absolute atomic E-state index is 0.246. The van der Waals surface area contributed by atoms with Crippen molar-refractivity contribution < 1.29 is 9.15 Å². The number of rotatable bonds is 6. The van der Waals surface area contributed by atoms with Crippen LogP contribution < -0.4 is 15.8 Å². The molecule has 0 atom stereocenters. The van der Waals surface area contributed by atoms with Crippen LogP contribution in [-0.4, -0.2) is 28.6 Å². The Hall–Kier alpha value is -3.09. The molecule has 0 saturated heterocycles. The number of aromatic nitrogens is 3. The van der Waals surface area contributed by atoms with Gasteiger partial charge >= 0.3 is 0 Å². The maximum absolute atomic E-state index is 6.24. The van der Waals surface area contributed by atoms with Gasteiger partial charge in [-0.25, -0.2) is 15.0 Å². The summed E-state index contributed by atoms with van der Waals surface area (Å²) >= 11 is 0. The lowest BCUT2D eigenvalue weighted by atomic mass is 9.97. The third kappa shape index (κ3) is 4.67. The first-order valence-corrected chi connectivity index (χ1v) is 9.70. The van der Waals surface area contributed by atoms with E-state index in [9.17, 15) is 0 Å². The monoisotopic (exact) mass is 395 g/mol. The number of anilines is 2. The summed E-state index contributed by atoms with van der Waals surface area (Å²) in [6, 6.07) is 5.72. The highest BCUT2D eigenvalue weighted by Gasteiger charge is 2.26. The number of hydrogen-bond donors (Lipinski definition) is 2. The van der Waals surface area contributed by atoms with Gasteiger partial charge < -0.3 is 20.2 Å². The fraction of sp³-hybridized carbons (Fsp3) is 0.409. The molecule has 3 aromatic rings. The van der Waals surface area contributed by atoms with Crippen LogP contribution in [0.1, 0.15) is 40.5 Å². The molecule has 0 aromatic carbocycles. The fourth-order valence-corrected chi connectivity index (χ4v) is 2.76. The van der Waals surface area contributed by atoms with Crippen molar-refractivity contribution in [3.63, 3.8) is 0 Å². The first-order chi connectivity index (χ1) is 13.7. The van der Waals surface area contributed by atoms with E-state index in [2.05, 4.69) is 49.9 Å². The predicted octanol–water partition coefficient (Wildman–Crippen LogP) is 4.75. The summed E-state index contributed by atoms with van der Waals surface area (Å²) in [5, 5.41) is 3.35. The van der Waals surface area contributed by atoms with Crippen LogP contribution >= 0.6 is 0 Å². The van der Waals surface area contributed by atoms with Crippen molar-refractivity contribution in [3.05, 3.63) is 36.5 Å². The number of pyridine rings is 2. The first-order valence-electron chi connectivity index (χ1n) is 9.70. The molecule has 3 rings (SSSR count).